The molecule has 1 saturated carbocycles. The Labute approximate surface area is 96.7 Å². The number of rotatable bonds is 3. The minimum atomic E-state index is -0.574. The average molecular weight is 243 g/mol. The van der Waals surface area contributed by atoms with Crippen molar-refractivity contribution < 1.29 is 9.63 Å². The third-order valence-corrected chi connectivity index (χ3v) is 3.10. The fourth-order valence-electron chi connectivity index (χ4n) is 1.44. The highest BCUT2D eigenvalue weighted by atomic mass is 35.5. The van der Waals surface area contributed by atoms with Gasteiger partial charge in [-0.15, -0.1) is 11.6 Å². The van der Waals surface area contributed by atoms with Crippen LogP contribution in [0.5, 0.6) is 0 Å². The van der Waals surface area contributed by atoms with Crippen molar-refractivity contribution in [3.63, 3.8) is 0 Å². The van der Waals surface area contributed by atoms with Crippen LogP contribution in [0.3, 0.4) is 0 Å². The zero-order valence-corrected chi connectivity index (χ0v) is 9.43. The molecule has 0 aliphatic heterocycles. The van der Waals surface area contributed by atoms with Gasteiger partial charge >= 0.3 is 0 Å². The Bertz CT molecular complexity index is 479. The number of amides is 1. The van der Waals surface area contributed by atoms with Crippen LogP contribution in [-0.4, -0.2) is 18.0 Å². The molecule has 1 amide bonds. The van der Waals surface area contributed by atoms with E-state index in [1.807, 2.05) is 0 Å². The molecule has 0 unspecified atom stereocenters. The zero-order valence-electron chi connectivity index (χ0n) is 8.67. The van der Waals surface area contributed by atoms with E-state index in [1.165, 1.54) is 13.2 Å². The van der Waals surface area contributed by atoms with Gasteiger partial charge in [0.2, 0.25) is 0 Å². The molecule has 1 aliphatic carbocycles. The van der Waals surface area contributed by atoms with Crippen molar-refractivity contribution in [1.82, 2.24) is 10.5 Å². The number of pyridine rings is 1. The average Bonchev–Trinajstić information content (AvgIpc) is 2.98. The number of aromatic nitrogens is 1. The number of alkyl halides is 1. The normalized spacial score (nSPS) is 16.9. The van der Waals surface area contributed by atoms with Crippen molar-refractivity contribution in [3.05, 3.63) is 33.7 Å². The summed E-state index contributed by atoms with van der Waals surface area (Å²) in [5.41, 5.74) is 2.29. The molecular formula is C10H11ClN2O3. The molecular weight excluding hydrogens is 232 g/mol. The van der Waals surface area contributed by atoms with Gasteiger partial charge in [-0.3, -0.25) is 14.4 Å². The van der Waals surface area contributed by atoms with E-state index in [1.54, 1.807) is 6.07 Å². The summed E-state index contributed by atoms with van der Waals surface area (Å²) in [6, 6.07) is 3.11. The number of hydrogen-bond acceptors (Lipinski definition) is 3. The Morgan fingerprint density at radius 3 is 2.75 bits per heavy atom. The van der Waals surface area contributed by atoms with Gasteiger partial charge in [-0.25, -0.2) is 5.48 Å². The van der Waals surface area contributed by atoms with E-state index in [9.17, 15) is 9.59 Å². The maximum absolute atomic E-state index is 11.6. The highest BCUT2D eigenvalue weighted by Gasteiger charge is 2.43. The molecule has 1 fully saturated rings. The smallest absolute Gasteiger partial charge is 0.280 e. The van der Waals surface area contributed by atoms with Crippen molar-refractivity contribution in [3.8, 4) is 0 Å². The summed E-state index contributed by atoms with van der Waals surface area (Å²) in [6.07, 6.45) is 1.68. The Morgan fingerprint density at radius 1 is 1.56 bits per heavy atom. The molecule has 0 saturated heterocycles. The van der Waals surface area contributed by atoms with Crippen LogP contribution < -0.4 is 11.0 Å². The number of hydrogen-bond donors (Lipinski definition) is 2. The third-order valence-electron chi connectivity index (χ3n) is 2.52. The molecule has 16 heavy (non-hydrogen) atoms. The van der Waals surface area contributed by atoms with Gasteiger partial charge < -0.3 is 4.98 Å². The third kappa shape index (κ3) is 1.96. The first-order valence-electron chi connectivity index (χ1n) is 4.83. The van der Waals surface area contributed by atoms with Gasteiger partial charge in [0.1, 0.15) is 5.56 Å². The number of halogens is 1. The largest absolute Gasteiger partial charge is 0.324 e. The first-order chi connectivity index (χ1) is 7.57. The molecule has 1 aromatic heterocycles. The highest BCUT2D eigenvalue weighted by Crippen LogP contribution is 2.50. The number of carbonyl (C=O) groups excluding carboxylic acids is 1. The van der Waals surface area contributed by atoms with E-state index in [0.29, 0.717) is 5.69 Å². The van der Waals surface area contributed by atoms with Gasteiger partial charge in [0.15, 0.2) is 0 Å². The molecule has 86 valence electrons. The second kappa shape index (κ2) is 3.92. The first kappa shape index (κ1) is 11.2. The van der Waals surface area contributed by atoms with Crippen LogP contribution in [0.15, 0.2) is 16.9 Å². The predicted octanol–water partition coefficient (Wildman–Crippen LogP) is 0.894. The summed E-state index contributed by atoms with van der Waals surface area (Å²) in [6.45, 7) is 0. The number of aromatic amines is 1. The maximum Gasteiger partial charge on any atom is 0.280 e. The standard InChI is InChI=1S/C10H11ClN2O3/c1-16-13-9(15)6-2-3-7(12-8(6)14)10(11)4-5-10/h2-3H,4-5H2,1H3,(H,12,14)(H,13,15). The van der Waals surface area contributed by atoms with Gasteiger partial charge in [0.05, 0.1) is 12.0 Å². The molecule has 1 heterocycles. The predicted molar refractivity (Wildman–Crippen MR) is 58.3 cm³/mol. The SMILES string of the molecule is CONC(=O)c1ccc(C2(Cl)CC2)[nH]c1=O. The van der Waals surface area contributed by atoms with Crippen LogP contribution in [-0.2, 0) is 9.71 Å². The Hall–Kier alpha value is -1.33. The van der Waals surface area contributed by atoms with Crippen molar-refractivity contribution >= 4 is 17.5 Å². The summed E-state index contributed by atoms with van der Waals surface area (Å²) < 4.78 is 0. The number of H-pyrrole nitrogens is 1. The lowest BCUT2D eigenvalue weighted by Crippen LogP contribution is -2.29. The molecule has 0 spiro atoms. The van der Waals surface area contributed by atoms with Crippen LogP contribution in [0.4, 0.5) is 0 Å². The van der Waals surface area contributed by atoms with Crippen LogP contribution in [0.1, 0.15) is 28.9 Å². The highest BCUT2D eigenvalue weighted by molar-refractivity contribution is 6.25. The summed E-state index contributed by atoms with van der Waals surface area (Å²) in [7, 11) is 1.30. The summed E-state index contributed by atoms with van der Waals surface area (Å²) in [4.78, 5) is 29.6. The summed E-state index contributed by atoms with van der Waals surface area (Å²) in [5.74, 6) is -0.574. The monoisotopic (exact) mass is 242 g/mol. The van der Waals surface area contributed by atoms with Crippen molar-refractivity contribution in [2.24, 2.45) is 0 Å². The summed E-state index contributed by atoms with van der Waals surface area (Å²) >= 11 is 6.14. The molecule has 5 nitrogen and oxygen atoms in total. The first-order valence-corrected chi connectivity index (χ1v) is 5.21. The Balaban J connectivity index is 2.30. The fraction of sp³-hybridized carbons (Fsp3) is 0.400. The molecule has 2 N–H and O–H groups in total. The van der Waals surface area contributed by atoms with E-state index in [4.69, 9.17) is 11.6 Å². The fourth-order valence-corrected chi connectivity index (χ4v) is 1.65. The number of hydroxylamine groups is 1. The lowest BCUT2D eigenvalue weighted by atomic mass is 10.2. The molecule has 0 aromatic carbocycles. The molecule has 0 bridgehead atoms. The molecule has 1 aliphatic rings. The second-order valence-corrected chi connectivity index (χ2v) is 4.44. The maximum atomic E-state index is 11.6. The van der Waals surface area contributed by atoms with E-state index in [0.717, 1.165) is 12.8 Å². The van der Waals surface area contributed by atoms with Crippen molar-refractivity contribution in [1.29, 1.82) is 0 Å². The topological polar surface area (TPSA) is 71.2 Å². The van der Waals surface area contributed by atoms with Gasteiger partial charge in [-0.2, -0.15) is 0 Å². The molecule has 2 rings (SSSR count). The Morgan fingerprint density at radius 2 is 2.25 bits per heavy atom. The van der Waals surface area contributed by atoms with E-state index >= 15 is 0 Å². The van der Waals surface area contributed by atoms with Gasteiger partial charge in [0.25, 0.3) is 11.5 Å². The van der Waals surface area contributed by atoms with Crippen molar-refractivity contribution in [2.45, 2.75) is 17.7 Å². The lowest BCUT2D eigenvalue weighted by Gasteiger charge is -2.07. The minimum Gasteiger partial charge on any atom is -0.324 e. The molecule has 6 heteroatoms. The zero-order chi connectivity index (χ0) is 11.8. The van der Waals surface area contributed by atoms with Crippen LogP contribution >= 0.6 is 11.6 Å². The Kier molecular flexibility index (Phi) is 2.73. The quantitative estimate of drug-likeness (QED) is 0.611. The molecule has 0 atom stereocenters. The van der Waals surface area contributed by atoms with E-state index in [-0.39, 0.29) is 5.56 Å². The van der Waals surface area contributed by atoms with Gasteiger partial charge in [-0.05, 0) is 25.0 Å². The molecule has 1 aromatic rings. The van der Waals surface area contributed by atoms with E-state index in [2.05, 4.69) is 15.3 Å². The number of nitrogens with one attached hydrogen (secondary N) is 2. The van der Waals surface area contributed by atoms with Crippen LogP contribution in [0.2, 0.25) is 0 Å². The summed E-state index contributed by atoms with van der Waals surface area (Å²) in [5, 5.41) is 0. The van der Waals surface area contributed by atoms with E-state index < -0.39 is 16.3 Å². The number of carbonyl (C=O) groups is 1. The molecule has 0 radical (unpaired) electrons. The van der Waals surface area contributed by atoms with Crippen molar-refractivity contribution in [2.75, 3.05) is 7.11 Å². The lowest BCUT2D eigenvalue weighted by molar-refractivity contribution is 0.0536. The second-order valence-electron chi connectivity index (χ2n) is 3.72. The van der Waals surface area contributed by atoms with Gasteiger partial charge in [0, 0.05) is 5.69 Å². The van der Waals surface area contributed by atoms with Crippen LogP contribution in [0, 0.1) is 0 Å². The van der Waals surface area contributed by atoms with Gasteiger partial charge in [-0.1, -0.05) is 0 Å². The minimum absolute atomic E-state index is 0.00603. The van der Waals surface area contributed by atoms with Crippen LogP contribution in [0.25, 0.3) is 0 Å².